The van der Waals surface area contributed by atoms with Crippen molar-refractivity contribution in [2.24, 2.45) is 5.73 Å². The number of thiazole rings is 1. The number of aromatic nitrogens is 1. The lowest BCUT2D eigenvalue weighted by Gasteiger charge is -2.35. The molecule has 1 aromatic heterocycles. The van der Waals surface area contributed by atoms with Crippen molar-refractivity contribution >= 4 is 11.3 Å². The molecule has 0 spiro atoms. The van der Waals surface area contributed by atoms with E-state index < -0.39 is 0 Å². The van der Waals surface area contributed by atoms with Crippen LogP contribution in [0.25, 0.3) is 0 Å². The molecule has 1 aromatic rings. The van der Waals surface area contributed by atoms with Gasteiger partial charge in [-0.05, 0) is 26.2 Å². The van der Waals surface area contributed by atoms with Gasteiger partial charge in [0.05, 0.1) is 5.69 Å². The van der Waals surface area contributed by atoms with Gasteiger partial charge in [0.2, 0.25) is 0 Å². The first-order valence-corrected chi connectivity index (χ1v) is 8.04. The minimum Gasteiger partial charge on any atom is -0.381 e. The summed E-state index contributed by atoms with van der Waals surface area (Å²) in [4.78, 5) is 6.23. The maximum Gasteiger partial charge on any atom is 0.125 e. The monoisotopic (exact) mass is 282 g/mol. The molecule has 2 aliphatic rings. The van der Waals surface area contributed by atoms with E-state index in [4.69, 9.17) is 20.2 Å². The lowest BCUT2D eigenvalue weighted by molar-refractivity contribution is -0.112. The summed E-state index contributed by atoms with van der Waals surface area (Å²) >= 11 is 1.81. The largest absolute Gasteiger partial charge is 0.381 e. The minimum absolute atomic E-state index is 0.118. The molecule has 0 bridgehead atoms. The van der Waals surface area contributed by atoms with Crippen LogP contribution in [0.4, 0.5) is 0 Å². The Morgan fingerprint density at radius 2 is 2.26 bits per heavy atom. The van der Waals surface area contributed by atoms with Gasteiger partial charge in [0.15, 0.2) is 0 Å². The molecule has 2 N–H and O–H groups in total. The van der Waals surface area contributed by atoms with E-state index in [0.717, 1.165) is 56.2 Å². The fraction of sp³-hybridized carbons (Fsp3) is 0.786. The summed E-state index contributed by atoms with van der Waals surface area (Å²) in [6, 6.07) is 0.118. The van der Waals surface area contributed by atoms with E-state index in [1.165, 1.54) is 11.3 Å². The zero-order valence-electron chi connectivity index (χ0n) is 11.5. The van der Waals surface area contributed by atoms with Gasteiger partial charge in [0, 0.05) is 43.6 Å². The Morgan fingerprint density at radius 3 is 2.95 bits per heavy atom. The van der Waals surface area contributed by atoms with Gasteiger partial charge in [-0.3, -0.25) is 0 Å². The molecule has 1 aliphatic carbocycles. The highest BCUT2D eigenvalue weighted by atomic mass is 32.1. The first-order valence-electron chi connectivity index (χ1n) is 7.22. The first kappa shape index (κ1) is 13.5. The molecule has 19 heavy (non-hydrogen) atoms. The second-order valence-corrected chi connectivity index (χ2v) is 6.45. The van der Waals surface area contributed by atoms with Crippen LogP contribution in [0.1, 0.15) is 54.2 Å². The summed E-state index contributed by atoms with van der Waals surface area (Å²) in [5.74, 6) is 0. The van der Waals surface area contributed by atoms with Crippen molar-refractivity contribution in [3.8, 4) is 0 Å². The second kappa shape index (κ2) is 5.48. The molecular formula is C14H22N2O2S. The zero-order chi connectivity index (χ0) is 13.3. The summed E-state index contributed by atoms with van der Waals surface area (Å²) in [6.07, 6.45) is 5.17. The number of aryl methyl sites for hydroxylation is 1. The molecule has 0 radical (unpaired) electrons. The van der Waals surface area contributed by atoms with Crippen molar-refractivity contribution in [1.82, 2.24) is 4.98 Å². The molecule has 1 aliphatic heterocycles. The van der Waals surface area contributed by atoms with E-state index >= 15 is 0 Å². The van der Waals surface area contributed by atoms with Crippen LogP contribution in [-0.4, -0.2) is 24.8 Å². The third kappa shape index (κ3) is 2.44. The average molecular weight is 282 g/mol. The maximum atomic E-state index is 6.18. The highest BCUT2D eigenvalue weighted by Gasteiger charge is 2.39. The molecule has 0 saturated carbocycles. The number of fused-ring (bicyclic) bond motifs is 1. The van der Waals surface area contributed by atoms with Crippen molar-refractivity contribution in [3.05, 3.63) is 15.6 Å². The predicted octanol–water partition coefficient (Wildman–Crippen LogP) is 2.52. The van der Waals surface area contributed by atoms with Crippen LogP contribution in [-0.2, 0) is 21.5 Å². The number of hydrogen-bond acceptors (Lipinski definition) is 5. The second-order valence-electron chi connectivity index (χ2n) is 5.37. The van der Waals surface area contributed by atoms with Crippen LogP contribution >= 0.6 is 11.3 Å². The summed E-state index contributed by atoms with van der Waals surface area (Å²) in [5.41, 5.74) is 7.08. The van der Waals surface area contributed by atoms with Gasteiger partial charge in [0.1, 0.15) is 10.6 Å². The maximum absolute atomic E-state index is 6.18. The highest BCUT2D eigenvalue weighted by molar-refractivity contribution is 7.11. The van der Waals surface area contributed by atoms with Gasteiger partial charge in [-0.25, -0.2) is 4.98 Å². The van der Waals surface area contributed by atoms with E-state index in [0.29, 0.717) is 0 Å². The first-order chi connectivity index (χ1) is 9.25. The number of nitrogens with zero attached hydrogens (tertiary/aromatic N) is 1. The van der Waals surface area contributed by atoms with Crippen LogP contribution in [0.5, 0.6) is 0 Å². The predicted molar refractivity (Wildman–Crippen MR) is 75.3 cm³/mol. The Balaban J connectivity index is 1.94. The van der Waals surface area contributed by atoms with Crippen LogP contribution < -0.4 is 5.73 Å². The van der Waals surface area contributed by atoms with Gasteiger partial charge in [-0.2, -0.15) is 0 Å². The zero-order valence-corrected chi connectivity index (χ0v) is 12.3. The quantitative estimate of drug-likeness (QED) is 0.925. The van der Waals surface area contributed by atoms with Crippen LogP contribution in [0, 0.1) is 0 Å². The Labute approximate surface area is 118 Å². The van der Waals surface area contributed by atoms with E-state index in [1.807, 2.05) is 11.3 Å². The van der Waals surface area contributed by atoms with E-state index in [1.54, 1.807) is 0 Å². The molecule has 0 amide bonds. The SMILES string of the molecule is CCOC1(c2nc3c(s2)CCCC3N)CCOCC1. The smallest absolute Gasteiger partial charge is 0.125 e. The topological polar surface area (TPSA) is 57.4 Å². The molecule has 5 heteroatoms. The van der Waals surface area contributed by atoms with E-state index in [-0.39, 0.29) is 11.6 Å². The summed E-state index contributed by atoms with van der Waals surface area (Å²) < 4.78 is 11.6. The molecule has 1 atom stereocenters. The van der Waals surface area contributed by atoms with Gasteiger partial charge in [-0.15, -0.1) is 11.3 Å². The van der Waals surface area contributed by atoms with Gasteiger partial charge >= 0.3 is 0 Å². The number of ether oxygens (including phenoxy) is 2. The number of hydrogen-bond donors (Lipinski definition) is 1. The van der Waals surface area contributed by atoms with Crippen molar-refractivity contribution in [2.75, 3.05) is 19.8 Å². The van der Waals surface area contributed by atoms with Crippen molar-refractivity contribution in [3.63, 3.8) is 0 Å². The molecule has 1 saturated heterocycles. The minimum atomic E-state index is -0.227. The van der Waals surface area contributed by atoms with Crippen molar-refractivity contribution in [1.29, 1.82) is 0 Å². The average Bonchev–Trinajstić information content (AvgIpc) is 2.86. The molecular weight excluding hydrogens is 260 g/mol. The summed E-state index contributed by atoms with van der Waals surface area (Å²) in [5, 5.41) is 1.13. The van der Waals surface area contributed by atoms with Gasteiger partial charge in [0.25, 0.3) is 0 Å². The number of rotatable bonds is 3. The summed E-state index contributed by atoms with van der Waals surface area (Å²) in [7, 11) is 0. The fourth-order valence-corrected chi connectivity index (χ4v) is 4.42. The lowest BCUT2D eigenvalue weighted by Crippen LogP contribution is -2.36. The van der Waals surface area contributed by atoms with Crippen LogP contribution in [0.15, 0.2) is 0 Å². The lowest BCUT2D eigenvalue weighted by atomic mass is 9.94. The van der Waals surface area contributed by atoms with Crippen LogP contribution in [0.3, 0.4) is 0 Å². The van der Waals surface area contributed by atoms with Crippen LogP contribution in [0.2, 0.25) is 0 Å². The molecule has 106 valence electrons. The standard InChI is InChI=1S/C14H22N2O2S/c1-2-18-14(6-8-17-9-7-14)13-16-12-10(15)4-3-5-11(12)19-13/h10H,2-9,15H2,1H3. The van der Waals surface area contributed by atoms with Gasteiger partial charge < -0.3 is 15.2 Å². The normalized spacial score (nSPS) is 26.1. The highest BCUT2D eigenvalue weighted by Crippen LogP contribution is 2.42. The third-order valence-electron chi connectivity index (χ3n) is 4.11. The third-order valence-corrected chi connectivity index (χ3v) is 5.42. The Hall–Kier alpha value is -0.490. The van der Waals surface area contributed by atoms with Crippen molar-refractivity contribution in [2.45, 2.75) is 50.7 Å². The Kier molecular flexibility index (Phi) is 3.89. The van der Waals surface area contributed by atoms with E-state index in [2.05, 4.69) is 6.92 Å². The molecule has 3 rings (SSSR count). The molecule has 1 fully saturated rings. The fourth-order valence-electron chi connectivity index (χ4n) is 3.04. The molecule has 4 nitrogen and oxygen atoms in total. The summed E-state index contributed by atoms with van der Waals surface area (Å²) in [6.45, 7) is 4.29. The van der Waals surface area contributed by atoms with Gasteiger partial charge in [-0.1, -0.05) is 0 Å². The molecule has 1 unspecified atom stereocenters. The molecule has 2 heterocycles. The Morgan fingerprint density at radius 1 is 1.47 bits per heavy atom. The Bertz CT molecular complexity index is 435. The van der Waals surface area contributed by atoms with Crippen molar-refractivity contribution < 1.29 is 9.47 Å². The van der Waals surface area contributed by atoms with E-state index in [9.17, 15) is 0 Å². The molecule has 0 aromatic carbocycles. The number of nitrogens with two attached hydrogens (primary N) is 1.